The minimum Gasteiger partial charge on any atom is -0.490 e. The van der Waals surface area contributed by atoms with Crippen molar-refractivity contribution >= 4 is 52.6 Å². The van der Waals surface area contributed by atoms with Crippen LogP contribution in [0.3, 0.4) is 0 Å². The summed E-state index contributed by atoms with van der Waals surface area (Å²) in [6, 6.07) is 17.3. The lowest BCUT2D eigenvalue weighted by atomic mass is 10.2. The minimum atomic E-state index is -0.339. The average molecular weight is 508 g/mol. The van der Waals surface area contributed by atoms with Gasteiger partial charge in [0.2, 0.25) is 0 Å². The molecule has 0 bridgehead atoms. The molecule has 3 aromatic carbocycles. The molecule has 3 rings (SSSR count). The second kappa shape index (κ2) is 12.3. The number of ether oxygens (including phenoxy) is 2. The van der Waals surface area contributed by atoms with Crippen molar-refractivity contribution in [3.8, 4) is 11.5 Å². The standard InChI is InChI=1S/C24H21Cl3N2O4/c1-2-31-23-11-16(3-10-22(23)32-14-17-4-5-19(26)12-21(17)27)13-28-33-15-24(30)29-20-8-6-18(25)7-9-20/h3-13H,2,14-15H2,1H3,(H,29,30)/b28-13+. The first-order valence-electron chi connectivity index (χ1n) is 9.99. The number of benzene rings is 3. The Labute approximate surface area is 207 Å². The first-order valence-corrected chi connectivity index (χ1v) is 11.1. The summed E-state index contributed by atoms with van der Waals surface area (Å²) in [5, 5.41) is 8.21. The molecule has 0 atom stereocenters. The van der Waals surface area contributed by atoms with Crippen LogP contribution in [0.2, 0.25) is 15.1 Å². The molecule has 9 heteroatoms. The summed E-state index contributed by atoms with van der Waals surface area (Å²) in [4.78, 5) is 17.0. The quantitative estimate of drug-likeness (QED) is 0.247. The summed E-state index contributed by atoms with van der Waals surface area (Å²) in [6.45, 7) is 2.36. The molecule has 0 fully saturated rings. The molecule has 0 saturated carbocycles. The molecule has 0 aliphatic rings. The van der Waals surface area contributed by atoms with E-state index < -0.39 is 0 Å². The van der Waals surface area contributed by atoms with Gasteiger partial charge in [0.15, 0.2) is 18.1 Å². The summed E-state index contributed by atoms with van der Waals surface area (Å²) in [7, 11) is 0. The molecule has 0 aliphatic heterocycles. The minimum absolute atomic E-state index is 0.236. The number of hydrogen-bond acceptors (Lipinski definition) is 5. The van der Waals surface area contributed by atoms with Gasteiger partial charge in [0.25, 0.3) is 5.91 Å². The molecule has 0 radical (unpaired) electrons. The Bertz CT molecular complexity index is 1120. The molecule has 172 valence electrons. The van der Waals surface area contributed by atoms with E-state index in [2.05, 4.69) is 10.5 Å². The normalized spacial score (nSPS) is 10.8. The number of anilines is 1. The van der Waals surface area contributed by atoms with Gasteiger partial charge in [-0.2, -0.15) is 0 Å². The van der Waals surface area contributed by atoms with Crippen LogP contribution in [0.1, 0.15) is 18.1 Å². The van der Waals surface area contributed by atoms with E-state index in [1.807, 2.05) is 13.0 Å². The second-order valence-electron chi connectivity index (χ2n) is 6.73. The zero-order valence-electron chi connectivity index (χ0n) is 17.7. The highest BCUT2D eigenvalue weighted by Crippen LogP contribution is 2.30. The van der Waals surface area contributed by atoms with Crippen molar-refractivity contribution in [3.63, 3.8) is 0 Å². The predicted molar refractivity (Wildman–Crippen MR) is 132 cm³/mol. The van der Waals surface area contributed by atoms with E-state index in [9.17, 15) is 4.79 Å². The van der Waals surface area contributed by atoms with Gasteiger partial charge in [0.1, 0.15) is 6.61 Å². The second-order valence-corrected chi connectivity index (χ2v) is 8.01. The Kier molecular flexibility index (Phi) is 9.24. The van der Waals surface area contributed by atoms with Gasteiger partial charge in [-0.1, -0.05) is 46.0 Å². The number of nitrogens with zero attached hydrogens (tertiary/aromatic N) is 1. The first kappa shape index (κ1) is 24.7. The average Bonchev–Trinajstić information content (AvgIpc) is 2.79. The molecular formula is C24H21Cl3N2O4. The third-order valence-corrected chi connectivity index (χ3v) is 5.10. The highest BCUT2D eigenvalue weighted by molar-refractivity contribution is 6.35. The van der Waals surface area contributed by atoms with Crippen LogP contribution < -0.4 is 14.8 Å². The van der Waals surface area contributed by atoms with Gasteiger partial charge in [-0.05, 0) is 61.5 Å². The molecule has 0 spiro atoms. The van der Waals surface area contributed by atoms with Crippen molar-refractivity contribution in [1.82, 2.24) is 0 Å². The first-order chi connectivity index (χ1) is 15.9. The Morgan fingerprint density at radius 2 is 1.70 bits per heavy atom. The highest BCUT2D eigenvalue weighted by Gasteiger charge is 2.09. The van der Waals surface area contributed by atoms with Crippen LogP contribution in [0.25, 0.3) is 0 Å². The van der Waals surface area contributed by atoms with Crippen molar-refractivity contribution in [2.24, 2.45) is 5.16 Å². The lowest BCUT2D eigenvalue weighted by Gasteiger charge is -2.13. The van der Waals surface area contributed by atoms with Crippen LogP contribution in [0.5, 0.6) is 11.5 Å². The van der Waals surface area contributed by atoms with E-state index in [4.69, 9.17) is 49.1 Å². The molecule has 0 heterocycles. The van der Waals surface area contributed by atoms with Crippen LogP contribution in [0, 0.1) is 0 Å². The molecule has 0 unspecified atom stereocenters. The zero-order chi connectivity index (χ0) is 23.6. The Hall–Kier alpha value is -2.93. The zero-order valence-corrected chi connectivity index (χ0v) is 20.0. The van der Waals surface area contributed by atoms with E-state index in [0.29, 0.717) is 44.4 Å². The van der Waals surface area contributed by atoms with Gasteiger partial charge < -0.3 is 19.6 Å². The number of rotatable bonds is 10. The molecule has 1 N–H and O–H groups in total. The van der Waals surface area contributed by atoms with E-state index in [-0.39, 0.29) is 19.1 Å². The Balaban J connectivity index is 1.55. The molecule has 0 aliphatic carbocycles. The van der Waals surface area contributed by atoms with Crippen LogP contribution >= 0.6 is 34.8 Å². The number of amides is 1. The summed E-state index contributed by atoms with van der Waals surface area (Å²) < 4.78 is 11.6. The van der Waals surface area contributed by atoms with Crippen LogP contribution in [-0.2, 0) is 16.2 Å². The third kappa shape index (κ3) is 7.86. The number of nitrogens with one attached hydrogen (secondary N) is 1. The summed E-state index contributed by atoms with van der Waals surface area (Å²) in [6.07, 6.45) is 1.48. The van der Waals surface area contributed by atoms with Gasteiger partial charge in [-0.3, -0.25) is 4.79 Å². The molecule has 3 aromatic rings. The van der Waals surface area contributed by atoms with E-state index in [1.165, 1.54) is 6.21 Å². The molecular weight excluding hydrogens is 487 g/mol. The van der Waals surface area contributed by atoms with Crippen molar-refractivity contribution in [2.45, 2.75) is 13.5 Å². The van der Waals surface area contributed by atoms with E-state index in [0.717, 1.165) is 5.56 Å². The summed E-state index contributed by atoms with van der Waals surface area (Å²) in [5.41, 5.74) is 2.14. The van der Waals surface area contributed by atoms with Crippen LogP contribution in [-0.4, -0.2) is 25.3 Å². The summed E-state index contributed by atoms with van der Waals surface area (Å²) in [5.74, 6) is 0.768. The Morgan fingerprint density at radius 1 is 0.939 bits per heavy atom. The van der Waals surface area contributed by atoms with E-state index in [1.54, 1.807) is 54.6 Å². The smallest absolute Gasteiger partial charge is 0.265 e. The largest absolute Gasteiger partial charge is 0.490 e. The lowest BCUT2D eigenvalue weighted by Crippen LogP contribution is -2.16. The maximum absolute atomic E-state index is 11.9. The maximum Gasteiger partial charge on any atom is 0.265 e. The van der Waals surface area contributed by atoms with Crippen LogP contribution in [0.15, 0.2) is 65.8 Å². The summed E-state index contributed by atoms with van der Waals surface area (Å²) >= 11 is 18.0. The van der Waals surface area contributed by atoms with Crippen molar-refractivity contribution in [2.75, 3.05) is 18.5 Å². The number of halogens is 3. The number of oxime groups is 1. The fourth-order valence-electron chi connectivity index (χ4n) is 2.71. The van der Waals surface area contributed by atoms with E-state index >= 15 is 0 Å². The molecule has 0 aromatic heterocycles. The fraction of sp³-hybridized carbons (Fsp3) is 0.167. The number of carbonyl (C=O) groups is 1. The molecule has 33 heavy (non-hydrogen) atoms. The number of hydrogen-bond donors (Lipinski definition) is 1. The third-order valence-electron chi connectivity index (χ3n) is 4.27. The van der Waals surface area contributed by atoms with Crippen molar-refractivity contribution in [1.29, 1.82) is 0 Å². The topological polar surface area (TPSA) is 69.2 Å². The fourth-order valence-corrected chi connectivity index (χ4v) is 3.30. The SMILES string of the molecule is CCOc1cc(/C=N/OCC(=O)Nc2ccc(Cl)cc2)ccc1OCc1ccc(Cl)cc1Cl. The lowest BCUT2D eigenvalue weighted by molar-refractivity contribution is -0.120. The van der Waals surface area contributed by atoms with Crippen molar-refractivity contribution in [3.05, 3.63) is 86.9 Å². The molecule has 6 nitrogen and oxygen atoms in total. The van der Waals surface area contributed by atoms with Crippen LogP contribution in [0.4, 0.5) is 5.69 Å². The molecule has 0 saturated heterocycles. The van der Waals surface area contributed by atoms with Gasteiger partial charge in [-0.25, -0.2) is 0 Å². The maximum atomic E-state index is 11.9. The predicted octanol–water partition coefficient (Wildman–Crippen LogP) is 6.61. The monoisotopic (exact) mass is 506 g/mol. The Morgan fingerprint density at radius 3 is 2.42 bits per heavy atom. The van der Waals surface area contributed by atoms with Gasteiger partial charge in [0.05, 0.1) is 12.8 Å². The van der Waals surface area contributed by atoms with Gasteiger partial charge >= 0.3 is 0 Å². The van der Waals surface area contributed by atoms with Gasteiger partial charge in [-0.15, -0.1) is 0 Å². The van der Waals surface area contributed by atoms with Crippen molar-refractivity contribution < 1.29 is 19.1 Å². The number of carbonyl (C=O) groups excluding carboxylic acids is 1. The van der Waals surface area contributed by atoms with Gasteiger partial charge in [0, 0.05) is 31.9 Å². The highest BCUT2D eigenvalue weighted by atomic mass is 35.5. The molecule has 1 amide bonds.